The number of urea groups is 1. The van der Waals surface area contributed by atoms with E-state index in [9.17, 15) is 9.59 Å². The Morgan fingerprint density at radius 3 is 2.64 bits per heavy atom. The molecule has 0 spiro atoms. The van der Waals surface area contributed by atoms with E-state index in [0.29, 0.717) is 0 Å². The lowest BCUT2D eigenvalue weighted by atomic mass is 9.92. The number of carbonyl (C=O) groups is 2. The molecule has 0 saturated heterocycles. The van der Waals surface area contributed by atoms with Crippen molar-refractivity contribution in [3.63, 3.8) is 0 Å². The highest BCUT2D eigenvalue weighted by Gasteiger charge is 2.25. The first kappa shape index (κ1) is 10.8. The smallest absolute Gasteiger partial charge is 0.341 e. The lowest BCUT2D eigenvalue weighted by molar-refractivity contribution is -0.144. The Kier molecular flexibility index (Phi) is 3.70. The SMILES string of the molecule is CN(C(=O)NOCC(=O)O)C1CCC1. The van der Waals surface area contributed by atoms with Gasteiger partial charge in [-0.25, -0.2) is 15.1 Å². The number of nitrogens with zero attached hydrogens (tertiary/aromatic N) is 1. The van der Waals surface area contributed by atoms with Crippen LogP contribution >= 0.6 is 0 Å². The van der Waals surface area contributed by atoms with Crippen molar-refractivity contribution >= 4 is 12.0 Å². The molecule has 0 heterocycles. The summed E-state index contributed by atoms with van der Waals surface area (Å²) in [7, 11) is 1.67. The van der Waals surface area contributed by atoms with Crippen LogP contribution in [0.1, 0.15) is 19.3 Å². The van der Waals surface area contributed by atoms with Crippen LogP contribution in [-0.2, 0) is 9.63 Å². The van der Waals surface area contributed by atoms with Gasteiger partial charge in [-0.05, 0) is 19.3 Å². The highest BCUT2D eigenvalue weighted by atomic mass is 16.7. The number of nitrogens with one attached hydrogen (secondary N) is 1. The number of carboxylic acid groups (broad SMARTS) is 1. The van der Waals surface area contributed by atoms with E-state index in [1.54, 1.807) is 7.05 Å². The van der Waals surface area contributed by atoms with Gasteiger partial charge < -0.3 is 10.0 Å². The van der Waals surface area contributed by atoms with E-state index in [1.807, 2.05) is 0 Å². The summed E-state index contributed by atoms with van der Waals surface area (Å²) in [6, 6.07) is -0.126. The first-order valence-electron chi connectivity index (χ1n) is 4.47. The van der Waals surface area contributed by atoms with Crippen molar-refractivity contribution in [2.24, 2.45) is 0 Å². The minimum absolute atomic E-state index is 0.267. The van der Waals surface area contributed by atoms with E-state index in [4.69, 9.17) is 5.11 Å². The highest BCUT2D eigenvalue weighted by molar-refractivity contribution is 5.73. The van der Waals surface area contributed by atoms with E-state index in [0.717, 1.165) is 19.3 Å². The second-order valence-electron chi connectivity index (χ2n) is 3.29. The van der Waals surface area contributed by atoms with Crippen LogP contribution in [0.4, 0.5) is 4.79 Å². The largest absolute Gasteiger partial charge is 0.479 e. The summed E-state index contributed by atoms with van der Waals surface area (Å²) < 4.78 is 0. The van der Waals surface area contributed by atoms with Crippen LogP contribution in [0.25, 0.3) is 0 Å². The zero-order valence-electron chi connectivity index (χ0n) is 8.02. The molecule has 0 atom stereocenters. The molecular weight excluding hydrogens is 188 g/mol. The van der Waals surface area contributed by atoms with Gasteiger partial charge >= 0.3 is 12.0 Å². The van der Waals surface area contributed by atoms with Crippen LogP contribution < -0.4 is 5.48 Å². The van der Waals surface area contributed by atoms with Crippen LogP contribution in [0, 0.1) is 0 Å². The van der Waals surface area contributed by atoms with Gasteiger partial charge in [0, 0.05) is 13.1 Å². The second kappa shape index (κ2) is 4.80. The molecule has 1 fully saturated rings. The molecule has 0 bridgehead atoms. The minimum Gasteiger partial charge on any atom is -0.479 e. The molecule has 0 aromatic carbocycles. The normalized spacial score (nSPS) is 15.8. The average Bonchev–Trinajstić information content (AvgIpc) is 2.00. The third kappa shape index (κ3) is 2.88. The van der Waals surface area contributed by atoms with E-state index >= 15 is 0 Å². The number of hydrogen-bond acceptors (Lipinski definition) is 3. The van der Waals surface area contributed by atoms with E-state index in [2.05, 4.69) is 10.3 Å². The van der Waals surface area contributed by atoms with Gasteiger partial charge in [0.05, 0.1) is 0 Å². The zero-order valence-corrected chi connectivity index (χ0v) is 8.02. The van der Waals surface area contributed by atoms with Crippen LogP contribution in [-0.4, -0.2) is 41.7 Å². The first-order chi connectivity index (χ1) is 6.61. The van der Waals surface area contributed by atoms with Crippen molar-refractivity contribution in [3.05, 3.63) is 0 Å². The number of hydroxylamine groups is 1. The Labute approximate surface area is 81.8 Å². The number of amides is 2. The third-order valence-electron chi connectivity index (χ3n) is 2.30. The average molecular weight is 202 g/mol. The van der Waals surface area contributed by atoms with Gasteiger partial charge in [-0.15, -0.1) is 0 Å². The van der Waals surface area contributed by atoms with Gasteiger partial charge in [0.2, 0.25) is 0 Å². The maximum atomic E-state index is 11.3. The molecule has 2 N–H and O–H groups in total. The molecule has 0 aromatic heterocycles. The predicted molar refractivity (Wildman–Crippen MR) is 47.5 cm³/mol. The van der Waals surface area contributed by atoms with E-state index in [1.165, 1.54) is 4.90 Å². The van der Waals surface area contributed by atoms with Crippen molar-refractivity contribution in [2.45, 2.75) is 25.3 Å². The van der Waals surface area contributed by atoms with Crippen LogP contribution in [0.3, 0.4) is 0 Å². The summed E-state index contributed by atoms with van der Waals surface area (Å²) in [4.78, 5) is 27.3. The van der Waals surface area contributed by atoms with Crippen LogP contribution in [0.5, 0.6) is 0 Å². The zero-order chi connectivity index (χ0) is 10.6. The molecule has 0 aromatic rings. The van der Waals surface area contributed by atoms with Gasteiger partial charge in [-0.2, -0.15) is 0 Å². The Bertz CT molecular complexity index is 227. The number of carboxylic acids is 1. The molecule has 6 nitrogen and oxygen atoms in total. The predicted octanol–water partition coefficient (Wildman–Crippen LogP) is 0.196. The van der Waals surface area contributed by atoms with Crippen molar-refractivity contribution in [3.8, 4) is 0 Å². The van der Waals surface area contributed by atoms with Gasteiger partial charge in [-0.1, -0.05) is 0 Å². The second-order valence-corrected chi connectivity index (χ2v) is 3.29. The van der Waals surface area contributed by atoms with E-state index < -0.39 is 18.6 Å². The van der Waals surface area contributed by atoms with E-state index in [-0.39, 0.29) is 6.04 Å². The summed E-state index contributed by atoms with van der Waals surface area (Å²) in [5.41, 5.74) is 2.07. The number of carbonyl (C=O) groups excluding carboxylic acids is 1. The van der Waals surface area contributed by atoms with Gasteiger partial charge in [0.25, 0.3) is 0 Å². The third-order valence-corrected chi connectivity index (χ3v) is 2.30. The van der Waals surface area contributed by atoms with Crippen LogP contribution in [0.2, 0.25) is 0 Å². The van der Waals surface area contributed by atoms with Crippen molar-refractivity contribution in [1.29, 1.82) is 0 Å². The maximum Gasteiger partial charge on any atom is 0.341 e. The maximum absolute atomic E-state index is 11.3. The lowest BCUT2D eigenvalue weighted by Gasteiger charge is -2.34. The minimum atomic E-state index is -1.11. The van der Waals surface area contributed by atoms with Crippen molar-refractivity contribution < 1.29 is 19.5 Å². The summed E-state index contributed by atoms with van der Waals surface area (Å²) in [5, 5.41) is 8.24. The molecule has 0 radical (unpaired) electrons. The molecule has 1 aliphatic rings. The number of hydrogen-bond donors (Lipinski definition) is 2. The topological polar surface area (TPSA) is 78.9 Å². The summed E-state index contributed by atoms with van der Waals surface area (Å²) in [5.74, 6) is -1.11. The van der Waals surface area contributed by atoms with Crippen LogP contribution in [0.15, 0.2) is 0 Å². The Hall–Kier alpha value is -1.30. The molecule has 2 amide bonds. The van der Waals surface area contributed by atoms with Gasteiger partial charge in [0.15, 0.2) is 6.61 Å². The molecule has 6 heteroatoms. The molecular formula is C8H14N2O4. The fourth-order valence-electron chi connectivity index (χ4n) is 1.17. The fourth-order valence-corrected chi connectivity index (χ4v) is 1.17. The number of rotatable bonds is 4. The summed E-state index contributed by atoms with van der Waals surface area (Å²) >= 11 is 0. The summed E-state index contributed by atoms with van der Waals surface area (Å²) in [6.45, 7) is -0.524. The highest BCUT2D eigenvalue weighted by Crippen LogP contribution is 2.23. The van der Waals surface area contributed by atoms with Gasteiger partial charge in [-0.3, -0.25) is 4.84 Å². The molecule has 0 unspecified atom stereocenters. The fraction of sp³-hybridized carbons (Fsp3) is 0.750. The Morgan fingerprint density at radius 2 is 2.21 bits per heavy atom. The van der Waals surface area contributed by atoms with Gasteiger partial charge in [0.1, 0.15) is 0 Å². The molecule has 80 valence electrons. The molecule has 1 aliphatic carbocycles. The summed E-state index contributed by atoms with van der Waals surface area (Å²) in [6.07, 6.45) is 3.14. The lowest BCUT2D eigenvalue weighted by Crippen LogP contribution is -2.46. The Balaban J connectivity index is 2.16. The molecule has 0 aliphatic heterocycles. The monoisotopic (exact) mass is 202 g/mol. The number of aliphatic carboxylic acids is 1. The quantitative estimate of drug-likeness (QED) is 0.638. The van der Waals surface area contributed by atoms with Crippen molar-refractivity contribution in [1.82, 2.24) is 10.4 Å². The molecule has 1 rings (SSSR count). The first-order valence-corrected chi connectivity index (χ1v) is 4.47. The standard InChI is InChI=1S/C8H14N2O4/c1-10(6-3-2-4-6)8(13)9-14-5-7(11)12/h6H,2-5H2,1H3,(H,9,13)(H,11,12). The molecule has 1 saturated carbocycles. The molecule has 14 heavy (non-hydrogen) atoms. The van der Waals surface area contributed by atoms with Crippen molar-refractivity contribution in [2.75, 3.05) is 13.7 Å². The Morgan fingerprint density at radius 1 is 1.57 bits per heavy atom.